The molecule has 9 heteroatoms. The molecule has 0 N–H and O–H groups in total. The van der Waals surface area contributed by atoms with E-state index in [0.717, 1.165) is 6.42 Å². The van der Waals surface area contributed by atoms with Gasteiger partial charge in [-0.05, 0) is 6.42 Å². The monoisotopic (exact) mass is 340 g/mol. The lowest BCUT2D eigenvalue weighted by Crippen LogP contribution is -2.30. The lowest BCUT2D eigenvalue weighted by atomic mass is 10.1. The van der Waals surface area contributed by atoms with Gasteiger partial charge in [0.05, 0.1) is 18.9 Å². The summed E-state index contributed by atoms with van der Waals surface area (Å²) < 4.78 is 19.0. The highest BCUT2D eigenvalue weighted by Gasteiger charge is 2.40. The normalized spacial score (nSPS) is 25.2. The molecule has 0 aliphatic carbocycles. The van der Waals surface area contributed by atoms with Gasteiger partial charge in [0.1, 0.15) is 24.4 Å². The number of ether oxygens (including phenoxy) is 1. The Morgan fingerprint density at radius 2 is 2.43 bits per heavy atom. The summed E-state index contributed by atoms with van der Waals surface area (Å²) in [7, 11) is -1.11. The number of aromatic nitrogens is 3. The molecule has 2 unspecified atom stereocenters. The maximum Gasteiger partial charge on any atom is 0.238 e. The Bertz CT molecular complexity index is 573. The molecule has 1 fully saturated rings. The van der Waals surface area contributed by atoms with Crippen molar-refractivity contribution in [1.29, 1.82) is 0 Å². The van der Waals surface area contributed by atoms with E-state index in [0.29, 0.717) is 25.5 Å². The molecule has 23 heavy (non-hydrogen) atoms. The highest BCUT2D eigenvalue weighted by atomic mass is 31.2. The van der Waals surface area contributed by atoms with Crippen LogP contribution in [0, 0.1) is 6.57 Å². The maximum absolute atomic E-state index is 11.4. The number of carbonyl (C=O) groups excluding carboxylic acids is 1. The summed E-state index contributed by atoms with van der Waals surface area (Å²) in [4.78, 5) is 14.6. The number of ketones is 1. The molecule has 1 saturated heterocycles. The molecule has 1 aromatic heterocycles. The van der Waals surface area contributed by atoms with Crippen LogP contribution in [-0.2, 0) is 13.8 Å². The summed E-state index contributed by atoms with van der Waals surface area (Å²) in [5.74, 6) is -0.125. The summed E-state index contributed by atoms with van der Waals surface area (Å²) in [5, 5.41) is 7.91. The summed E-state index contributed by atoms with van der Waals surface area (Å²) in [6.07, 6.45) is 2.16. The van der Waals surface area contributed by atoms with Crippen molar-refractivity contribution in [3.8, 4) is 0 Å². The average Bonchev–Trinajstić information content (AvgIpc) is 3.14. The van der Waals surface area contributed by atoms with Crippen LogP contribution in [0.4, 0.5) is 0 Å². The molecule has 2 heterocycles. The van der Waals surface area contributed by atoms with Crippen LogP contribution in [0.15, 0.2) is 6.20 Å². The molecule has 0 aromatic carbocycles. The van der Waals surface area contributed by atoms with Crippen LogP contribution in [-0.4, -0.2) is 59.4 Å². The minimum atomic E-state index is -1.11. The molecule has 0 saturated carbocycles. The average molecular weight is 340 g/mol. The van der Waals surface area contributed by atoms with Gasteiger partial charge in [-0.1, -0.05) is 12.1 Å². The minimum absolute atomic E-state index is 0.0561. The summed E-state index contributed by atoms with van der Waals surface area (Å²) in [5.41, 5.74) is 0.329. The van der Waals surface area contributed by atoms with Crippen molar-refractivity contribution in [2.45, 2.75) is 38.5 Å². The van der Waals surface area contributed by atoms with Gasteiger partial charge < -0.3 is 18.6 Å². The third-order valence-electron chi connectivity index (χ3n) is 3.59. The van der Waals surface area contributed by atoms with Gasteiger partial charge in [0.2, 0.25) is 6.54 Å². The molecule has 2 rings (SSSR count). The molecule has 0 amide bonds. The Labute approximate surface area is 136 Å². The molecule has 1 aliphatic rings. The van der Waals surface area contributed by atoms with Crippen LogP contribution in [0.2, 0.25) is 0 Å². The Morgan fingerprint density at radius 3 is 3.04 bits per heavy atom. The van der Waals surface area contributed by atoms with Crippen molar-refractivity contribution in [3.63, 3.8) is 0 Å². The first-order valence-corrected chi connectivity index (χ1v) is 9.10. The topological polar surface area (TPSA) is 79.8 Å². The summed E-state index contributed by atoms with van der Waals surface area (Å²) in [6, 6.07) is -0.144. The lowest BCUT2D eigenvalue weighted by Gasteiger charge is -2.25. The fourth-order valence-corrected chi connectivity index (χ4v) is 3.41. The standard InChI is InChI=1S/C14H21N4O4P/c1-5-13-14(22-23(4)21-7-6-15-3)12(9-20-13)18-8-11(10(2)19)16-17-18/h8,12-14H,5-7,9H2,1-2,4H3/t12-,13-,14?,23?/m1/s1. The highest BCUT2D eigenvalue weighted by molar-refractivity contribution is 7.46. The Morgan fingerprint density at radius 1 is 1.65 bits per heavy atom. The van der Waals surface area contributed by atoms with Gasteiger partial charge in [0.25, 0.3) is 0 Å². The van der Waals surface area contributed by atoms with Gasteiger partial charge in [0.15, 0.2) is 14.2 Å². The summed E-state index contributed by atoms with van der Waals surface area (Å²) >= 11 is 0. The summed E-state index contributed by atoms with van der Waals surface area (Å²) in [6.45, 7) is 13.2. The van der Waals surface area contributed by atoms with Gasteiger partial charge in [-0.15, -0.1) is 5.10 Å². The van der Waals surface area contributed by atoms with E-state index >= 15 is 0 Å². The first kappa shape index (κ1) is 18.0. The molecular weight excluding hydrogens is 319 g/mol. The van der Waals surface area contributed by atoms with E-state index < -0.39 is 8.38 Å². The molecular formula is C14H21N4O4P. The second-order valence-electron chi connectivity index (χ2n) is 5.21. The Hall–Kier alpha value is -1.39. The van der Waals surface area contributed by atoms with Gasteiger partial charge in [0, 0.05) is 13.6 Å². The van der Waals surface area contributed by atoms with Crippen LogP contribution in [0.25, 0.3) is 4.85 Å². The van der Waals surface area contributed by atoms with E-state index in [1.807, 2.05) is 13.6 Å². The SMILES string of the molecule is [C-]#[N+]CCOP(C)OC1[C@H](n2cc(C(C)=O)nn2)CO[C@@H]1CC. The number of rotatable bonds is 8. The lowest BCUT2D eigenvalue weighted by molar-refractivity contribution is 0.0482. The van der Waals surface area contributed by atoms with Gasteiger partial charge >= 0.3 is 0 Å². The molecule has 1 aliphatic heterocycles. The molecule has 0 bridgehead atoms. The zero-order valence-electron chi connectivity index (χ0n) is 13.5. The number of Topliss-reactive ketones (excluding diaryl/α,β-unsaturated/α-hetero) is 1. The first-order chi connectivity index (χ1) is 11.1. The number of nitrogens with zero attached hydrogens (tertiary/aromatic N) is 4. The van der Waals surface area contributed by atoms with Gasteiger partial charge in [-0.2, -0.15) is 0 Å². The second-order valence-corrected chi connectivity index (χ2v) is 6.56. The van der Waals surface area contributed by atoms with Crippen molar-refractivity contribution in [3.05, 3.63) is 23.3 Å². The van der Waals surface area contributed by atoms with E-state index in [4.69, 9.17) is 20.4 Å². The van der Waals surface area contributed by atoms with E-state index in [1.165, 1.54) is 6.92 Å². The number of hydrogen-bond acceptors (Lipinski definition) is 6. The van der Waals surface area contributed by atoms with Crippen LogP contribution in [0.3, 0.4) is 0 Å². The number of carbonyl (C=O) groups is 1. The van der Waals surface area contributed by atoms with Crippen molar-refractivity contribution < 1.29 is 18.6 Å². The van der Waals surface area contributed by atoms with Crippen LogP contribution >= 0.6 is 8.38 Å². The Balaban J connectivity index is 2.05. The fourth-order valence-electron chi connectivity index (χ4n) is 2.39. The zero-order valence-corrected chi connectivity index (χ0v) is 14.4. The van der Waals surface area contributed by atoms with E-state index in [1.54, 1.807) is 10.9 Å². The molecule has 8 nitrogen and oxygen atoms in total. The van der Waals surface area contributed by atoms with Gasteiger partial charge in [-0.25, -0.2) is 11.3 Å². The minimum Gasteiger partial charge on any atom is -0.373 e. The van der Waals surface area contributed by atoms with E-state index in [9.17, 15) is 4.79 Å². The van der Waals surface area contributed by atoms with Crippen LogP contribution in [0.1, 0.15) is 36.8 Å². The smallest absolute Gasteiger partial charge is 0.238 e. The van der Waals surface area contributed by atoms with E-state index in [2.05, 4.69) is 15.2 Å². The van der Waals surface area contributed by atoms with Gasteiger partial charge in [-0.3, -0.25) is 4.79 Å². The largest absolute Gasteiger partial charge is 0.373 e. The quantitative estimate of drug-likeness (QED) is 0.312. The Kier molecular flexibility index (Phi) is 6.60. The molecule has 0 radical (unpaired) electrons. The van der Waals surface area contributed by atoms with E-state index in [-0.39, 0.29) is 24.0 Å². The van der Waals surface area contributed by atoms with Crippen molar-refractivity contribution in [1.82, 2.24) is 15.0 Å². The maximum atomic E-state index is 11.4. The molecule has 0 spiro atoms. The van der Waals surface area contributed by atoms with Crippen molar-refractivity contribution in [2.24, 2.45) is 0 Å². The fraction of sp³-hybridized carbons (Fsp3) is 0.714. The predicted molar refractivity (Wildman–Crippen MR) is 84.2 cm³/mol. The van der Waals surface area contributed by atoms with Crippen molar-refractivity contribution >= 4 is 14.2 Å². The third kappa shape index (κ3) is 4.55. The first-order valence-electron chi connectivity index (χ1n) is 7.47. The molecule has 4 atom stereocenters. The highest BCUT2D eigenvalue weighted by Crippen LogP contribution is 2.41. The molecule has 126 valence electrons. The predicted octanol–water partition coefficient (Wildman–Crippen LogP) is 2.09. The zero-order chi connectivity index (χ0) is 16.8. The third-order valence-corrected chi connectivity index (χ3v) is 4.67. The van der Waals surface area contributed by atoms with Crippen LogP contribution < -0.4 is 0 Å². The number of hydrogen-bond donors (Lipinski definition) is 0. The second kappa shape index (κ2) is 8.46. The van der Waals surface area contributed by atoms with Crippen molar-refractivity contribution in [2.75, 3.05) is 26.4 Å². The van der Waals surface area contributed by atoms with Crippen LogP contribution in [0.5, 0.6) is 0 Å². The molecule has 1 aromatic rings.